The third kappa shape index (κ3) is 2.77. The van der Waals surface area contributed by atoms with E-state index in [0.29, 0.717) is 25.8 Å². The van der Waals surface area contributed by atoms with Gasteiger partial charge in [0.05, 0.1) is 6.61 Å². The Labute approximate surface area is 67.7 Å². The molecule has 0 aromatic rings. The molecule has 1 rings (SSSR count). The summed E-state index contributed by atoms with van der Waals surface area (Å²) in [6, 6.07) is 0.430. The van der Waals surface area contributed by atoms with E-state index in [0.717, 1.165) is 6.42 Å². The number of aliphatic hydroxyl groups is 1. The largest absolute Gasteiger partial charge is 0.386 e. The van der Waals surface area contributed by atoms with E-state index in [1.54, 1.807) is 0 Å². The minimum Gasteiger partial charge on any atom is -0.386 e. The van der Waals surface area contributed by atoms with Crippen molar-refractivity contribution in [1.29, 1.82) is 0 Å². The summed E-state index contributed by atoms with van der Waals surface area (Å²) in [4.78, 5) is 0. The van der Waals surface area contributed by atoms with E-state index in [-0.39, 0.29) is 0 Å². The smallest absolute Gasteiger partial charge is 0.102 e. The molecule has 66 valence electrons. The maximum Gasteiger partial charge on any atom is 0.102 e. The molecule has 0 saturated carbocycles. The van der Waals surface area contributed by atoms with Crippen LogP contribution in [0.2, 0.25) is 0 Å². The number of hydrogen-bond donors (Lipinski definition) is 2. The van der Waals surface area contributed by atoms with Gasteiger partial charge in [0.2, 0.25) is 0 Å². The van der Waals surface area contributed by atoms with Crippen LogP contribution in [0.15, 0.2) is 0 Å². The van der Waals surface area contributed by atoms with E-state index in [4.69, 9.17) is 4.74 Å². The third-order valence-corrected chi connectivity index (χ3v) is 1.92. The maximum absolute atomic E-state index is 9.75. The van der Waals surface area contributed by atoms with Crippen LogP contribution in [0.4, 0.5) is 0 Å². The summed E-state index contributed by atoms with van der Waals surface area (Å²) in [7, 11) is 0. The Morgan fingerprint density at radius 1 is 1.64 bits per heavy atom. The van der Waals surface area contributed by atoms with Gasteiger partial charge in [0.1, 0.15) is 5.60 Å². The molecule has 1 fully saturated rings. The van der Waals surface area contributed by atoms with Gasteiger partial charge >= 0.3 is 0 Å². The Morgan fingerprint density at radius 2 is 2.36 bits per heavy atom. The molecular weight excluding hydrogens is 142 g/mol. The molecule has 3 nitrogen and oxygen atoms in total. The van der Waals surface area contributed by atoms with Crippen molar-refractivity contribution < 1.29 is 9.84 Å². The topological polar surface area (TPSA) is 41.5 Å². The number of hydrogen-bond acceptors (Lipinski definition) is 3. The predicted octanol–water partition coefficient (Wildman–Crippen LogP) is 0.136. The Morgan fingerprint density at radius 3 is 2.82 bits per heavy atom. The van der Waals surface area contributed by atoms with Crippen molar-refractivity contribution in [3.63, 3.8) is 0 Å². The van der Waals surface area contributed by atoms with Gasteiger partial charge in [0, 0.05) is 25.6 Å². The second kappa shape index (κ2) is 3.52. The van der Waals surface area contributed by atoms with Crippen molar-refractivity contribution in [2.24, 2.45) is 0 Å². The number of nitrogens with one attached hydrogen (secondary N) is 1. The van der Waals surface area contributed by atoms with Crippen molar-refractivity contribution in [2.75, 3.05) is 19.8 Å². The molecule has 0 aromatic heterocycles. The van der Waals surface area contributed by atoms with Crippen LogP contribution in [0.1, 0.15) is 20.3 Å². The van der Waals surface area contributed by atoms with Crippen molar-refractivity contribution in [3.05, 3.63) is 0 Å². The summed E-state index contributed by atoms with van der Waals surface area (Å²) in [6.45, 7) is 5.95. The lowest BCUT2D eigenvalue weighted by Gasteiger charge is -2.22. The monoisotopic (exact) mass is 159 g/mol. The fourth-order valence-corrected chi connectivity index (χ4v) is 1.13. The standard InChI is InChI=1S/C8H17NO2/c1-7(2)9-5-8(10)3-4-11-6-8/h7,9-10H,3-6H2,1-2H3/t8-/m0/s1. The van der Waals surface area contributed by atoms with Gasteiger partial charge in [-0.1, -0.05) is 13.8 Å². The minimum absolute atomic E-state index is 0.430. The molecule has 1 aliphatic rings. The Balaban J connectivity index is 2.23. The van der Waals surface area contributed by atoms with Crippen molar-refractivity contribution in [3.8, 4) is 0 Å². The highest BCUT2D eigenvalue weighted by Crippen LogP contribution is 2.16. The summed E-state index contributed by atoms with van der Waals surface area (Å²) in [5, 5.41) is 13.0. The fourth-order valence-electron chi connectivity index (χ4n) is 1.13. The lowest BCUT2D eigenvalue weighted by molar-refractivity contribution is 0.0256. The Hall–Kier alpha value is -0.120. The first-order valence-electron chi connectivity index (χ1n) is 4.16. The number of ether oxygens (including phenoxy) is 1. The molecule has 0 aromatic carbocycles. The zero-order chi connectivity index (χ0) is 8.32. The highest BCUT2D eigenvalue weighted by Gasteiger charge is 2.31. The first-order valence-corrected chi connectivity index (χ1v) is 4.16. The van der Waals surface area contributed by atoms with E-state index in [9.17, 15) is 5.11 Å². The van der Waals surface area contributed by atoms with Gasteiger partial charge in [-0.2, -0.15) is 0 Å². The molecule has 0 radical (unpaired) electrons. The molecule has 0 bridgehead atoms. The lowest BCUT2D eigenvalue weighted by Crippen LogP contribution is -2.43. The van der Waals surface area contributed by atoms with Gasteiger partial charge in [0.25, 0.3) is 0 Å². The molecule has 0 unspecified atom stereocenters. The second-order valence-electron chi connectivity index (χ2n) is 3.56. The van der Waals surface area contributed by atoms with Crippen LogP contribution in [0.3, 0.4) is 0 Å². The molecule has 1 heterocycles. The van der Waals surface area contributed by atoms with Crippen LogP contribution in [0.25, 0.3) is 0 Å². The Kier molecular flexibility index (Phi) is 2.87. The summed E-state index contributed by atoms with van der Waals surface area (Å²) >= 11 is 0. The highest BCUT2D eigenvalue weighted by molar-refractivity contribution is 4.85. The van der Waals surface area contributed by atoms with Gasteiger partial charge in [-0.25, -0.2) is 0 Å². The van der Waals surface area contributed by atoms with Gasteiger partial charge in [0.15, 0.2) is 0 Å². The first kappa shape index (κ1) is 8.97. The molecule has 1 aliphatic heterocycles. The van der Waals surface area contributed by atoms with Gasteiger partial charge in [-0.15, -0.1) is 0 Å². The molecule has 11 heavy (non-hydrogen) atoms. The molecule has 0 amide bonds. The number of rotatable bonds is 3. The first-order chi connectivity index (χ1) is 5.12. The third-order valence-electron chi connectivity index (χ3n) is 1.92. The van der Waals surface area contributed by atoms with Gasteiger partial charge in [-0.05, 0) is 0 Å². The summed E-state index contributed by atoms with van der Waals surface area (Å²) in [6.07, 6.45) is 0.757. The van der Waals surface area contributed by atoms with Gasteiger partial charge < -0.3 is 15.2 Å². The lowest BCUT2D eigenvalue weighted by atomic mass is 10.0. The average Bonchev–Trinajstić information content (AvgIpc) is 2.33. The van der Waals surface area contributed by atoms with E-state index >= 15 is 0 Å². The van der Waals surface area contributed by atoms with Crippen molar-refractivity contribution in [2.45, 2.75) is 31.9 Å². The molecular formula is C8H17NO2. The predicted molar refractivity (Wildman–Crippen MR) is 43.5 cm³/mol. The van der Waals surface area contributed by atoms with Crippen LogP contribution in [-0.4, -0.2) is 36.5 Å². The van der Waals surface area contributed by atoms with Crippen molar-refractivity contribution >= 4 is 0 Å². The van der Waals surface area contributed by atoms with E-state index in [1.165, 1.54) is 0 Å². The van der Waals surface area contributed by atoms with E-state index < -0.39 is 5.60 Å². The molecule has 0 spiro atoms. The Bertz CT molecular complexity index is 119. The maximum atomic E-state index is 9.75. The summed E-state index contributed by atoms with van der Waals surface area (Å²) < 4.78 is 5.10. The zero-order valence-corrected chi connectivity index (χ0v) is 7.26. The molecule has 1 atom stereocenters. The quantitative estimate of drug-likeness (QED) is 0.615. The van der Waals surface area contributed by atoms with Crippen LogP contribution < -0.4 is 5.32 Å². The van der Waals surface area contributed by atoms with Crippen LogP contribution >= 0.6 is 0 Å². The van der Waals surface area contributed by atoms with E-state index in [2.05, 4.69) is 19.2 Å². The fraction of sp³-hybridized carbons (Fsp3) is 1.00. The van der Waals surface area contributed by atoms with Crippen molar-refractivity contribution in [1.82, 2.24) is 5.32 Å². The molecule has 3 heteroatoms. The van der Waals surface area contributed by atoms with Crippen LogP contribution in [-0.2, 0) is 4.74 Å². The zero-order valence-electron chi connectivity index (χ0n) is 7.26. The molecule has 2 N–H and O–H groups in total. The molecule has 1 saturated heterocycles. The second-order valence-corrected chi connectivity index (χ2v) is 3.56. The van der Waals surface area contributed by atoms with Crippen LogP contribution in [0, 0.1) is 0 Å². The van der Waals surface area contributed by atoms with E-state index in [1.807, 2.05) is 0 Å². The highest BCUT2D eigenvalue weighted by atomic mass is 16.5. The summed E-state index contributed by atoms with van der Waals surface area (Å²) in [5.74, 6) is 0. The van der Waals surface area contributed by atoms with Gasteiger partial charge in [-0.3, -0.25) is 0 Å². The normalized spacial score (nSPS) is 31.6. The average molecular weight is 159 g/mol. The van der Waals surface area contributed by atoms with Crippen LogP contribution in [0.5, 0.6) is 0 Å². The molecule has 0 aliphatic carbocycles. The minimum atomic E-state index is -0.607. The SMILES string of the molecule is CC(C)NC[C@@]1(O)CCOC1. The summed E-state index contributed by atoms with van der Waals surface area (Å²) in [5.41, 5.74) is -0.607.